The summed E-state index contributed by atoms with van der Waals surface area (Å²) in [5.74, 6) is 1.97. The fourth-order valence-electron chi connectivity index (χ4n) is 3.34. The largest absolute Gasteiger partial charge is 0.353 e. The van der Waals surface area contributed by atoms with Crippen molar-refractivity contribution in [3.63, 3.8) is 0 Å². The molecule has 0 saturated heterocycles. The first-order valence-corrected chi connectivity index (χ1v) is 7.56. The number of aromatic nitrogens is 2. The molecule has 0 spiro atoms. The van der Waals surface area contributed by atoms with Crippen LogP contribution in [0.1, 0.15) is 63.6 Å². The molecule has 2 aliphatic rings. The lowest BCUT2D eigenvalue weighted by Crippen LogP contribution is -2.32. The first-order chi connectivity index (χ1) is 8.74. The minimum atomic E-state index is 0.570. The third kappa shape index (κ3) is 2.27. The Kier molecular flexibility index (Phi) is 3.31. The van der Waals surface area contributed by atoms with E-state index >= 15 is 0 Å². The summed E-state index contributed by atoms with van der Waals surface area (Å²) in [4.78, 5) is 4.69. The van der Waals surface area contributed by atoms with E-state index in [9.17, 15) is 0 Å². The molecule has 0 amide bonds. The minimum Gasteiger partial charge on any atom is -0.353 e. The molecule has 3 nitrogen and oxygen atoms in total. The van der Waals surface area contributed by atoms with E-state index in [1.54, 1.807) is 0 Å². The molecule has 0 radical (unpaired) electrons. The van der Waals surface area contributed by atoms with Crippen molar-refractivity contribution in [2.75, 3.05) is 5.32 Å². The molecule has 100 valence electrons. The lowest BCUT2D eigenvalue weighted by Gasteiger charge is -2.32. The summed E-state index contributed by atoms with van der Waals surface area (Å²) < 4.78 is 2.40. The lowest BCUT2D eigenvalue weighted by atomic mass is 9.80. The molecule has 1 N–H and O–H groups in total. The van der Waals surface area contributed by atoms with Crippen LogP contribution in [-0.4, -0.2) is 15.6 Å². The SMILES string of the molecule is Cc1cn(C2CCCC2)c(NC(C)C2CCC2)n1. The van der Waals surface area contributed by atoms with Crippen LogP contribution in [0.3, 0.4) is 0 Å². The quantitative estimate of drug-likeness (QED) is 0.874. The van der Waals surface area contributed by atoms with Crippen molar-refractivity contribution >= 4 is 5.95 Å². The molecule has 2 aliphatic carbocycles. The molecule has 3 heteroatoms. The number of imidazole rings is 1. The fraction of sp³-hybridized carbons (Fsp3) is 0.800. The third-order valence-electron chi connectivity index (χ3n) is 4.78. The smallest absolute Gasteiger partial charge is 0.203 e. The zero-order chi connectivity index (χ0) is 12.5. The number of rotatable bonds is 4. The first-order valence-electron chi connectivity index (χ1n) is 7.56. The Morgan fingerprint density at radius 1 is 1.22 bits per heavy atom. The van der Waals surface area contributed by atoms with Gasteiger partial charge in [-0.15, -0.1) is 0 Å². The highest BCUT2D eigenvalue weighted by Gasteiger charge is 2.26. The van der Waals surface area contributed by atoms with Crippen molar-refractivity contribution in [2.45, 2.75) is 70.9 Å². The van der Waals surface area contributed by atoms with E-state index in [0.717, 1.165) is 17.6 Å². The molecule has 3 rings (SSSR count). The number of aryl methyl sites for hydroxylation is 1. The van der Waals surface area contributed by atoms with Crippen molar-refractivity contribution in [3.05, 3.63) is 11.9 Å². The molecule has 18 heavy (non-hydrogen) atoms. The van der Waals surface area contributed by atoms with Crippen molar-refractivity contribution in [1.29, 1.82) is 0 Å². The van der Waals surface area contributed by atoms with Crippen LogP contribution < -0.4 is 5.32 Å². The summed E-state index contributed by atoms with van der Waals surface area (Å²) >= 11 is 0. The van der Waals surface area contributed by atoms with Crippen LogP contribution in [0.15, 0.2) is 6.20 Å². The van der Waals surface area contributed by atoms with Gasteiger partial charge in [0, 0.05) is 18.3 Å². The maximum absolute atomic E-state index is 4.69. The molecule has 1 unspecified atom stereocenters. The van der Waals surface area contributed by atoms with Gasteiger partial charge in [-0.2, -0.15) is 0 Å². The van der Waals surface area contributed by atoms with E-state index in [2.05, 4.69) is 34.9 Å². The Bertz CT molecular complexity index is 400. The Hall–Kier alpha value is -0.990. The van der Waals surface area contributed by atoms with Crippen molar-refractivity contribution < 1.29 is 0 Å². The number of nitrogens with one attached hydrogen (secondary N) is 1. The zero-order valence-corrected chi connectivity index (χ0v) is 11.7. The molecule has 0 bridgehead atoms. The Labute approximate surface area is 110 Å². The molecule has 1 aromatic rings. The van der Waals surface area contributed by atoms with E-state index in [1.807, 2.05) is 0 Å². The summed E-state index contributed by atoms with van der Waals surface area (Å²) in [6.07, 6.45) is 11.8. The third-order valence-corrected chi connectivity index (χ3v) is 4.78. The van der Waals surface area contributed by atoms with E-state index in [-0.39, 0.29) is 0 Å². The molecule has 2 fully saturated rings. The molecule has 0 aliphatic heterocycles. The molecule has 1 heterocycles. The summed E-state index contributed by atoms with van der Waals surface area (Å²) in [7, 11) is 0. The molecule has 0 aromatic carbocycles. The van der Waals surface area contributed by atoms with Crippen LogP contribution in [0.5, 0.6) is 0 Å². The Morgan fingerprint density at radius 3 is 2.56 bits per heavy atom. The van der Waals surface area contributed by atoms with E-state index in [1.165, 1.54) is 44.9 Å². The normalized spacial score (nSPS) is 23.0. The summed E-state index contributed by atoms with van der Waals surface area (Å²) in [6.45, 7) is 4.41. The van der Waals surface area contributed by atoms with E-state index in [0.29, 0.717) is 12.1 Å². The van der Waals surface area contributed by atoms with Crippen molar-refractivity contribution in [2.24, 2.45) is 5.92 Å². The Balaban J connectivity index is 1.73. The maximum Gasteiger partial charge on any atom is 0.203 e. The number of hydrogen-bond acceptors (Lipinski definition) is 2. The average Bonchev–Trinajstić information content (AvgIpc) is 2.84. The lowest BCUT2D eigenvalue weighted by molar-refractivity contribution is 0.283. The first kappa shape index (κ1) is 12.1. The van der Waals surface area contributed by atoms with Gasteiger partial charge < -0.3 is 9.88 Å². The van der Waals surface area contributed by atoms with Crippen LogP contribution in [-0.2, 0) is 0 Å². The summed E-state index contributed by atoms with van der Waals surface area (Å²) in [5.41, 5.74) is 1.14. The van der Waals surface area contributed by atoms with E-state index in [4.69, 9.17) is 0 Å². The topological polar surface area (TPSA) is 29.9 Å². The second-order valence-electron chi connectivity index (χ2n) is 6.18. The summed E-state index contributed by atoms with van der Waals surface area (Å²) in [6, 6.07) is 1.25. The van der Waals surface area contributed by atoms with Crippen LogP contribution in [0, 0.1) is 12.8 Å². The van der Waals surface area contributed by atoms with Gasteiger partial charge in [-0.05, 0) is 45.4 Å². The van der Waals surface area contributed by atoms with Gasteiger partial charge in [-0.3, -0.25) is 0 Å². The standard InChI is InChI=1S/C15H25N3/c1-11-10-18(14-8-3-4-9-14)15(16-11)17-12(2)13-6-5-7-13/h10,12-14H,3-9H2,1-2H3,(H,16,17). The Morgan fingerprint density at radius 2 is 1.94 bits per heavy atom. The number of anilines is 1. The highest BCUT2D eigenvalue weighted by atomic mass is 15.2. The van der Waals surface area contributed by atoms with Gasteiger partial charge in [-0.25, -0.2) is 4.98 Å². The van der Waals surface area contributed by atoms with Gasteiger partial charge in [0.05, 0.1) is 5.69 Å². The predicted molar refractivity (Wildman–Crippen MR) is 74.9 cm³/mol. The number of hydrogen-bond donors (Lipinski definition) is 1. The van der Waals surface area contributed by atoms with Gasteiger partial charge in [0.2, 0.25) is 5.95 Å². The minimum absolute atomic E-state index is 0.570. The molecule has 2 saturated carbocycles. The molecular formula is C15H25N3. The highest BCUT2D eigenvalue weighted by molar-refractivity contribution is 5.31. The molecular weight excluding hydrogens is 222 g/mol. The van der Waals surface area contributed by atoms with Gasteiger partial charge in [0.1, 0.15) is 0 Å². The van der Waals surface area contributed by atoms with E-state index < -0.39 is 0 Å². The van der Waals surface area contributed by atoms with Crippen LogP contribution in [0.4, 0.5) is 5.95 Å². The highest BCUT2D eigenvalue weighted by Crippen LogP contribution is 2.34. The van der Waals surface area contributed by atoms with Crippen LogP contribution >= 0.6 is 0 Å². The van der Waals surface area contributed by atoms with Crippen molar-refractivity contribution in [1.82, 2.24) is 9.55 Å². The van der Waals surface area contributed by atoms with Crippen LogP contribution in [0.2, 0.25) is 0 Å². The maximum atomic E-state index is 4.69. The van der Waals surface area contributed by atoms with Crippen LogP contribution in [0.25, 0.3) is 0 Å². The van der Waals surface area contributed by atoms with Gasteiger partial charge in [0.15, 0.2) is 0 Å². The monoisotopic (exact) mass is 247 g/mol. The van der Waals surface area contributed by atoms with Gasteiger partial charge in [0.25, 0.3) is 0 Å². The zero-order valence-electron chi connectivity index (χ0n) is 11.7. The fourth-order valence-corrected chi connectivity index (χ4v) is 3.34. The van der Waals surface area contributed by atoms with Gasteiger partial charge in [-0.1, -0.05) is 19.3 Å². The molecule has 1 aromatic heterocycles. The molecule has 1 atom stereocenters. The summed E-state index contributed by atoms with van der Waals surface area (Å²) in [5, 5.41) is 3.66. The second kappa shape index (κ2) is 4.94. The number of nitrogens with zero attached hydrogens (tertiary/aromatic N) is 2. The van der Waals surface area contributed by atoms with Crippen molar-refractivity contribution in [3.8, 4) is 0 Å². The predicted octanol–water partition coefficient (Wildman–Crippen LogP) is 3.91. The average molecular weight is 247 g/mol. The second-order valence-corrected chi connectivity index (χ2v) is 6.18. The van der Waals surface area contributed by atoms with Gasteiger partial charge >= 0.3 is 0 Å².